The Bertz CT molecular complexity index is 777. The van der Waals surface area contributed by atoms with Crippen LogP contribution < -0.4 is 5.32 Å². The average molecular weight is 348 g/mol. The van der Waals surface area contributed by atoms with E-state index in [4.69, 9.17) is 4.74 Å². The van der Waals surface area contributed by atoms with Crippen LogP contribution in [-0.4, -0.2) is 65.1 Å². The Hall–Kier alpha value is -2.45. The highest BCUT2D eigenvalue weighted by Crippen LogP contribution is 2.21. The first kappa shape index (κ1) is 17.4. The molecule has 1 amide bonds. The number of nitrogens with zero attached hydrogens (tertiary/aromatic N) is 3. The Morgan fingerprint density at radius 3 is 3.04 bits per heavy atom. The van der Waals surface area contributed by atoms with Crippen molar-refractivity contribution in [3.8, 4) is 11.4 Å². The van der Waals surface area contributed by atoms with Gasteiger partial charge in [-0.15, -0.1) is 0 Å². The number of hydrogen-bond donors (Lipinski definition) is 2. The molecule has 1 unspecified atom stereocenters. The van der Waals surface area contributed by atoms with Gasteiger partial charge in [-0.3, -0.25) is 4.79 Å². The maximum Gasteiger partial charge on any atom is 0.275 e. The predicted molar refractivity (Wildman–Crippen MR) is 89.5 cm³/mol. The van der Waals surface area contributed by atoms with Gasteiger partial charge in [0.25, 0.3) is 5.91 Å². The van der Waals surface area contributed by atoms with Crippen LogP contribution in [0.4, 0.5) is 4.39 Å². The highest BCUT2D eigenvalue weighted by atomic mass is 19.1. The van der Waals surface area contributed by atoms with Gasteiger partial charge in [-0.05, 0) is 37.7 Å². The fourth-order valence-electron chi connectivity index (χ4n) is 2.81. The summed E-state index contributed by atoms with van der Waals surface area (Å²) in [5, 5.41) is 16.9. The van der Waals surface area contributed by atoms with Crippen LogP contribution in [0.1, 0.15) is 16.1 Å². The van der Waals surface area contributed by atoms with E-state index in [9.17, 15) is 14.3 Å². The van der Waals surface area contributed by atoms with E-state index in [2.05, 4.69) is 15.3 Å². The highest BCUT2D eigenvalue weighted by molar-refractivity contribution is 5.94. The molecule has 0 spiro atoms. The Labute approximate surface area is 145 Å². The van der Waals surface area contributed by atoms with Crippen molar-refractivity contribution in [3.63, 3.8) is 0 Å². The number of carbonyl (C=O) groups excluding carboxylic acids is 1. The summed E-state index contributed by atoms with van der Waals surface area (Å²) >= 11 is 0. The molecule has 8 heteroatoms. The molecular formula is C17H21FN4O3. The summed E-state index contributed by atoms with van der Waals surface area (Å²) in [6, 6.07) is 4.22. The van der Waals surface area contributed by atoms with Gasteiger partial charge in [-0.1, -0.05) is 0 Å². The maximum absolute atomic E-state index is 13.2. The van der Waals surface area contributed by atoms with E-state index >= 15 is 0 Å². The van der Waals surface area contributed by atoms with Gasteiger partial charge in [-0.25, -0.2) is 9.07 Å². The Balaban J connectivity index is 1.70. The second kappa shape index (κ2) is 7.20. The average Bonchev–Trinajstić information content (AvgIpc) is 2.94. The Morgan fingerprint density at radius 1 is 1.52 bits per heavy atom. The Kier molecular flexibility index (Phi) is 5.00. The fraction of sp³-hybridized carbons (Fsp3) is 0.412. The molecule has 134 valence electrons. The molecule has 7 nitrogen and oxygen atoms in total. The number of amides is 1. The minimum absolute atomic E-state index is 0.0760. The zero-order valence-electron chi connectivity index (χ0n) is 14.2. The number of rotatable bonds is 4. The first-order valence-electron chi connectivity index (χ1n) is 8.07. The molecule has 0 aliphatic carbocycles. The third kappa shape index (κ3) is 3.97. The quantitative estimate of drug-likeness (QED) is 0.865. The molecule has 1 fully saturated rings. The molecule has 2 heterocycles. The lowest BCUT2D eigenvalue weighted by atomic mass is 10.2. The van der Waals surface area contributed by atoms with Crippen molar-refractivity contribution < 1.29 is 19.0 Å². The summed E-state index contributed by atoms with van der Waals surface area (Å²) in [7, 11) is 2.00. The van der Waals surface area contributed by atoms with Gasteiger partial charge in [0.1, 0.15) is 5.82 Å². The van der Waals surface area contributed by atoms with E-state index in [0.29, 0.717) is 24.4 Å². The largest absolute Gasteiger partial charge is 0.504 e. The van der Waals surface area contributed by atoms with Crippen LogP contribution in [0.5, 0.6) is 5.75 Å². The number of halogens is 1. The van der Waals surface area contributed by atoms with E-state index < -0.39 is 5.91 Å². The lowest BCUT2D eigenvalue weighted by molar-refractivity contribution is -0.0175. The van der Waals surface area contributed by atoms with Gasteiger partial charge >= 0.3 is 0 Å². The molecule has 25 heavy (non-hydrogen) atoms. The monoisotopic (exact) mass is 348 g/mol. The fourth-order valence-corrected chi connectivity index (χ4v) is 2.81. The van der Waals surface area contributed by atoms with Crippen LogP contribution in [-0.2, 0) is 4.74 Å². The van der Waals surface area contributed by atoms with E-state index in [-0.39, 0.29) is 23.4 Å². The number of aromatic nitrogens is 2. The zero-order valence-corrected chi connectivity index (χ0v) is 14.2. The van der Waals surface area contributed by atoms with Gasteiger partial charge in [0.2, 0.25) is 0 Å². The first-order chi connectivity index (χ1) is 11.9. The van der Waals surface area contributed by atoms with Crippen LogP contribution in [0.2, 0.25) is 0 Å². The molecule has 1 aliphatic rings. The van der Waals surface area contributed by atoms with Crippen molar-refractivity contribution in [3.05, 3.63) is 41.5 Å². The molecular weight excluding hydrogens is 327 g/mol. The summed E-state index contributed by atoms with van der Waals surface area (Å²) in [5.74, 6) is -1.07. The first-order valence-corrected chi connectivity index (χ1v) is 8.07. The molecule has 0 saturated carbocycles. The lowest BCUT2D eigenvalue weighted by Gasteiger charge is -2.29. The zero-order chi connectivity index (χ0) is 18.0. The predicted octanol–water partition coefficient (Wildman–Crippen LogP) is 1.09. The topological polar surface area (TPSA) is 79.6 Å². The third-order valence-electron chi connectivity index (χ3n) is 4.15. The number of nitrogens with one attached hydrogen (secondary N) is 1. The van der Waals surface area contributed by atoms with Crippen LogP contribution in [0.15, 0.2) is 24.4 Å². The second-order valence-corrected chi connectivity index (χ2v) is 6.20. The molecule has 3 rings (SSSR count). The van der Waals surface area contributed by atoms with Crippen LogP contribution in [0.3, 0.4) is 0 Å². The summed E-state index contributed by atoms with van der Waals surface area (Å²) in [6.45, 7) is 4.29. The third-order valence-corrected chi connectivity index (χ3v) is 4.15. The summed E-state index contributed by atoms with van der Waals surface area (Å²) in [4.78, 5) is 14.4. The van der Waals surface area contributed by atoms with Crippen LogP contribution >= 0.6 is 0 Å². The normalized spacial score (nSPS) is 18.3. The van der Waals surface area contributed by atoms with E-state index in [1.54, 1.807) is 13.0 Å². The van der Waals surface area contributed by atoms with E-state index in [0.717, 1.165) is 13.1 Å². The molecule has 1 aromatic carbocycles. The molecule has 0 bridgehead atoms. The number of aromatic hydroxyl groups is 1. The summed E-state index contributed by atoms with van der Waals surface area (Å²) in [5.41, 5.74) is 1.16. The maximum atomic E-state index is 13.2. The van der Waals surface area contributed by atoms with Crippen molar-refractivity contribution in [2.45, 2.75) is 13.0 Å². The molecule has 1 saturated heterocycles. The molecule has 1 atom stereocenters. The second-order valence-electron chi connectivity index (χ2n) is 6.20. The number of benzene rings is 1. The molecule has 2 N–H and O–H groups in total. The van der Waals surface area contributed by atoms with Crippen LogP contribution in [0, 0.1) is 12.7 Å². The van der Waals surface area contributed by atoms with Gasteiger partial charge in [0.05, 0.1) is 24.6 Å². The van der Waals surface area contributed by atoms with Crippen molar-refractivity contribution in [2.24, 2.45) is 0 Å². The number of aryl methyl sites for hydroxylation is 1. The number of hydrogen-bond acceptors (Lipinski definition) is 5. The Morgan fingerprint density at radius 2 is 2.32 bits per heavy atom. The van der Waals surface area contributed by atoms with E-state index in [1.807, 2.05) is 7.05 Å². The standard InChI is InChI=1S/C17H21FN4O3/c1-11-7-12(18)3-4-14(11)22-10-15(23)16(20-22)17(24)19-8-13-9-21(2)5-6-25-13/h3-4,7,10,13,23H,5-6,8-9H2,1-2H3,(H,19,24). The number of morpholine rings is 1. The van der Waals surface area contributed by atoms with Gasteiger partial charge < -0.3 is 20.1 Å². The minimum atomic E-state index is -0.479. The number of ether oxygens (including phenoxy) is 1. The molecule has 0 radical (unpaired) electrons. The molecule has 2 aromatic rings. The lowest BCUT2D eigenvalue weighted by Crippen LogP contribution is -2.46. The SMILES string of the molecule is Cc1cc(F)ccc1-n1cc(O)c(C(=O)NCC2CN(C)CCO2)n1. The van der Waals surface area contributed by atoms with Crippen molar-refractivity contribution >= 4 is 5.91 Å². The van der Waals surface area contributed by atoms with Crippen molar-refractivity contribution in [2.75, 3.05) is 33.3 Å². The number of likely N-dealkylation sites (N-methyl/N-ethyl adjacent to an activating group) is 1. The van der Waals surface area contributed by atoms with Crippen molar-refractivity contribution in [1.82, 2.24) is 20.0 Å². The number of carbonyl (C=O) groups is 1. The van der Waals surface area contributed by atoms with Crippen molar-refractivity contribution in [1.29, 1.82) is 0 Å². The smallest absolute Gasteiger partial charge is 0.275 e. The summed E-state index contributed by atoms with van der Waals surface area (Å²) in [6.07, 6.45) is 1.24. The van der Waals surface area contributed by atoms with Gasteiger partial charge in [-0.2, -0.15) is 5.10 Å². The molecule has 1 aliphatic heterocycles. The van der Waals surface area contributed by atoms with Gasteiger partial charge in [0.15, 0.2) is 11.4 Å². The van der Waals surface area contributed by atoms with Crippen LogP contribution in [0.25, 0.3) is 5.69 Å². The molecule has 1 aromatic heterocycles. The van der Waals surface area contributed by atoms with Gasteiger partial charge in [0, 0.05) is 19.6 Å². The van der Waals surface area contributed by atoms with E-state index in [1.165, 1.54) is 23.0 Å². The summed E-state index contributed by atoms with van der Waals surface area (Å²) < 4.78 is 20.2. The minimum Gasteiger partial charge on any atom is -0.504 e. The highest BCUT2D eigenvalue weighted by Gasteiger charge is 2.21.